The Kier molecular flexibility index (Phi) is 33.4. The van der Waals surface area contributed by atoms with Crippen LogP contribution in [0.5, 0.6) is 0 Å². The number of carbonyl (C=O) groups is 3. The number of hydrogen-bond acceptors (Lipinski definition) is 5. The Morgan fingerprint density at radius 2 is 1.33 bits per heavy atom. The molecule has 0 saturated heterocycles. The topological polar surface area (TPSA) is 85.3 Å². The van der Waals surface area contributed by atoms with Crippen molar-refractivity contribution in [2.24, 2.45) is 16.7 Å². The minimum atomic E-state index is -0.595. The summed E-state index contributed by atoms with van der Waals surface area (Å²) in [5.74, 6) is 0.752. The Hall–Kier alpha value is -0.546. The molecule has 6 heteroatoms. The van der Waals surface area contributed by atoms with Crippen LogP contribution in [0.15, 0.2) is 0 Å². The van der Waals surface area contributed by atoms with E-state index in [1.54, 1.807) is 27.1 Å². The molecular formula is C24H46O5Y-2. The fourth-order valence-electron chi connectivity index (χ4n) is 1.73. The van der Waals surface area contributed by atoms with Gasteiger partial charge in [-0.2, -0.15) is 11.8 Å². The molecule has 177 valence electrons. The van der Waals surface area contributed by atoms with Crippen molar-refractivity contribution in [3.8, 4) is 0 Å². The molecule has 0 heterocycles. The minimum Gasteiger partial charge on any atom is -0.542 e. The van der Waals surface area contributed by atoms with E-state index < -0.39 is 10.8 Å². The van der Waals surface area contributed by atoms with Crippen LogP contribution in [-0.2, 0) is 56.7 Å². The summed E-state index contributed by atoms with van der Waals surface area (Å²) in [4.78, 5) is 52.2. The largest absolute Gasteiger partial charge is 0.542 e. The van der Waals surface area contributed by atoms with Crippen LogP contribution in [-0.4, -0.2) is 29.9 Å². The van der Waals surface area contributed by atoms with E-state index in [-0.39, 0.29) is 71.5 Å². The van der Waals surface area contributed by atoms with Gasteiger partial charge in [-0.15, -0.1) is 0 Å². The van der Waals surface area contributed by atoms with Crippen molar-refractivity contribution >= 4 is 29.9 Å². The number of rotatable bonds is 10. The smallest absolute Gasteiger partial charge is 0.136 e. The molecule has 30 heavy (non-hydrogen) atoms. The summed E-state index contributed by atoms with van der Waals surface area (Å²) in [6.45, 7) is 16.0. The van der Waals surface area contributed by atoms with Gasteiger partial charge in [-0.3, -0.25) is 27.0 Å². The number of Topliss-reactive ketones (excluding diaryl/α,β-unsaturated/α-hetero) is 3. The van der Waals surface area contributed by atoms with E-state index in [4.69, 9.17) is 0 Å². The maximum Gasteiger partial charge on any atom is 0.136 e. The van der Waals surface area contributed by atoms with Crippen LogP contribution in [0.1, 0.15) is 109 Å². The number of carbonyl (C=O) groups excluding carboxylic acids is 5. The molecule has 0 N–H and O–H groups in total. The Labute approximate surface area is 211 Å². The molecule has 0 aliphatic carbocycles. The number of ketones is 3. The predicted octanol–water partition coefficient (Wildman–Crippen LogP) is 5.87. The van der Waals surface area contributed by atoms with Crippen LogP contribution in [0.25, 0.3) is 0 Å². The van der Waals surface area contributed by atoms with Crippen molar-refractivity contribution in [1.29, 1.82) is 0 Å². The van der Waals surface area contributed by atoms with Gasteiger partial charge < -0.3 is 9.59 Å². The zero-order valence-corrected chi connectivity index (χ0v) is 22.1. The van der Waals surface area contributed by atoms with Crippen molar-refractivity contribution in [3.63, 3.8) is 0 Å². The van der Waals surface area contributed by atoms with Crippen molar-refractivity contribution in [2.45, 2.75) is 109 Å². The fraction of sp³-hybridized carbons (Fsp3) is 0.792. The first-order chi connectivity index (χ1) is 12.3. The molecule has 0 rings (SSSR count). The third kappa shape index (κ3) is 22.1. The van der Waals surface area contributed by atoms with Gasteiger partial charge in [0.25, 0.3) is 0 Å². The molecule has 0 aliphatic rings. The van der Waals surface area contributed by atoms with E-state index in [2.05, 4.69) is 0 Å². The Morgan fingerprint density at radius 1 is 0.900 bits per heavy atom. The van der Waals surface area contributed by atoms with Gasteiger partial charge in [0.2, 0.25) is 0 Å². The van der Waals surface area contributed by atoms with E-state index in [1.165, 1.54) is 6.92 Å². The molecule has 0 aliphatic heterocycles. The molecule has 3 atom stereocenters. The first kappa shape index (κ1) is 43.4. The van der Waals surface area contributed by atoms with Gasteiger partial charge in [0, 0.05) is 50.5 Å². The van der Waals surface area contributed by atoms with Gasteiger partial charge in [-0.25, -0.2) is 0 Å². The maximum atomic E-state index is 11.1. The molecule has 0 aromatic rings. The van der Waals surface area contributed by atoms with Crippen molar-refractivity contribution in [1.82, 2.24) is 0 Å². The molecule has 0 aromatic carbocycles. The van der Waals surface area contributed by atoms with Crippen LogP contribution in [0.2, 0.25) is 0 Å². The average molecular weight is 504 g/mol. The second-order valence-corrected chi connectivity index (χ2v) is 7.61. The number of hydrogen-bond donors (Lipinski definition) is 0. The zero-order chi connectivity index (χ0) is 22.3. The van der Waals surface area contributed by atoms with E-state index in [9.17, 15) is 24.0 Å². The van der Waals surface area contributed by atoms with Crippen molar-refractivity contribution in [2.75, 3.05) is 0 Å². The Bertz CT molecular complexity index is 490. The Balaban J connectivity index is -0.0000000701. The third-order valence-corrected chi connectivity index (χ3v) is 5.06. The fourth-order valence-corrected chi connectivity index (χ4v) is 1.73. The predicted molar refractivity (Wildman–Crippen MR) is 122 cm³/mol. The SMILES string of the molecule is C.C.CCC(C)(CC(C)=O)C(C)=O.CCC(C)([C-]=O)C[C-]=O.CCC(C)C(C)=O.[Y]. The van der Waals surface area contributed by atoms with Crippen LogP contribution < -0.4 is 0 Å². The summed E-state index contributed by atoms with van der Waals surface area (Å²) in [6.07, 6.45) is 6.40. The first-order valence-corrected chi connectivity index (χ1v) is 9.54. The summed E-state index contributed by atoms with van der Waals surface area (Å²) in [5.41, 5.74) is -1.02. The van der Waals surface area contributed by atoms with Crippen molar-refractivity contribution < 1.29 is 56.7 Å². The van der Waals surface area contributed by atoms with Gasteiger partial charge in [0.05, 0.1) is 0 Å². The molecule has 0 aromatic heterocycles. The molecule has 0 fully saturated rings. The Morgan fingerprint density at radius 3 is 1.40 bits per heavy atom. The maximum absolute atomic E-state index is 11.1. The van der Waals surface area contributed by atoms with Gasteiger partial charge in [0.1, 0.15) is 17.3 Å². The molecular weight excluding hydrogens is 457 g/mol. The summed E-state index contributed by atoms with van der Waals surface area (Å²) < 4.78 is 0. The van der Waals surface area contributed by atoms with E-state index >= 15 is 0 Å². The third-order valence-electron chi connectivity index (χ3n) is 5.06. The molecule has 0 saturated carbocycles. The summed E-state index contributed by atoms with van der Waals surface area (Å²) >= 11 is 0. The summed E-state index contributed by atoms with van der Waals surface area (Å²) in [5, 5.41) is 0. The summed E-state index contributed by atoms with van der Waals surface area (Å²) in [6, 6.07) is 0. The quantitative estimate of drug-likeness (QED) is 0.348. The van der Waals surface area contributed by atoms with Crippen LogP contribution in [0, 0.1) is 16.7 Å². The standard InChI is InChI=1S/C9H16O2.C7H10O2.C6H12O.2CH4.Y/c1-5-9(4,8(3)11)6-7(2)10;1-3-7(2,6-9)4-5-8;1-4-5(2)6(3)7;;;/h5-6H2,1-4H3;3-4H2,1-2H3;5H,4H2,1-3H3;2*1H4;/q;-2;;;;. The van der Waals surface area contributed by atoms with E-state index in [0.29, 0.717) is 18.6 Å². The second-order valence-electron chi connectivity index (χ2n) is 7.61. The molecule has 0 bridgehead atoms. The van der Waals surface area contributed by atoms with Crippen LogP contribution in [0.3, 0.4) is 0 Å². The van der Waals surface area contributed by atoms with Crippen molar-refractivity contribution in [3.05, 3.63) is 0 Å². The van der Waals surface area contributed by atoms with Crippen LogP contribution >= 0.6 is 0 Å². The van der Waals surface area contributed by atoms with Crippen LogP contribution in [0.4, 0.5) is 0 Å². The monoisotopic (exact) mass is 503 g/mol. The molecule has 1 radical (unpaired) electrons. The molecule has 3 unspecified atom stereocenters. The van der Waals surface area contributed by atoms with E-state index in [0.717, 1.165) is 12.8 Å². The molecule has 5 nitrogen and oxygen atoms in total. The molecule has 0 amide bonds. The second kappa shape index (κ2) is 23.1. The molecule has 0 spiro atoms. The average Bonchev–Trinajstić information content (AvgIpc) is 2.61. The van der Waals surface area contributed by atoms with Gasteiger partial charge >= 0.3 is 0 Å². The van der Waals surface area contributed by atoms with Gasteiger partial charge in [-0.1, -0.05) is 62.8 Å². The normalized spacial score (nSPS) is 13.8. The minimum absolute atomic E-state index is 0. The zero-order valence-electron chi connectivity index (χ0n) is 19.2. The first-order valence-electron chi connectivity index (χ1n) is 9.54. The summed E-state index contributed by atoms with van der Waals surface area (Å²) in [7, 11) is 0. The van der Waals surface area contributed by atoms with Gasteiger partial charge in [-0.05, 0) is 33.6 Å². The van der Waals surface area contributed by atoms with E-state index in [1.807, 2.05) is 40.9 Å². The van der Waals surface area contributed by atoms with Gasteiger partial charge in [0.15, 0.2) is 0 Å².